The normalized spacial score (nSPS) is 25.4. The summed E-state index contributed by atoms with van der Waals surface area (Å²) in [5.74, 6) is -0.343. The lowest BCUT2D eigenvalue weighted by Gasteiger charge is -2.32. The first-order valence-electron chi connectivity index (χ1n) is 6.76. The van der Waals surface area contributed by atoms with Gasteiger partial charge >= 0.3 is 0 Å². The van der Waals surface area contributed by atoms with Gasteiger partial charge in [0.05, 0.1) is 10.3 Å². The summed E-state index contributed by atoms with van der Waals surface area (Å²) >= 11 is 3.42. The number of aryl methyl sites for hydroxylation is 1. The number of amides is 1. The van der Waals surface area contributed by atoms with Crippen LogP contribution in [0.3, 0.4) is 0 Å². The van der Waals surface area contributed by atoms with Gasteiger partial charge in [-0.05, 0) is 19.1 Å². The van der Waals surface area contributed by atoms with Crippen LogP contribution >= 0.6 is 15.9 Å². The fraction of sp³-hybridized carbons (Fsp3) is 0.533. The van der Waals surface area contributed by atoms with E-state index in [0.29, 0.717) is 5.33 Å². The Labute approximate surface area is 134 Å². The number of carbonyl (C=O) groups excluding carboxylic acids is 1. The average Bonchev–Trinajstić information content (AvgIpc) is 2.61. The van der Waals surface area contributed by atoms with Crippen molar-refractivity contribution in [1.29, 1.82) is 0 Å². The molecular weight excluding hydrogens is 354 g/mol. The molecule has 1 aromatic carbocycles. The molecule has 21 heavy (non-hydrogen) atoms. The molecule has 0 aliphatic carbocycles. The summed E-state index contributed by atoms with van der Waals surface area (Å²) in [5, 5.41) is 0.568. The fourth-order valence-corrected chi connectivity index (χ4v) is 4.91. The van der Waals surface area contributed by atoms with E-state index < -0.39 is 20.9 Å². The lowest BCUT2D eigenvalue weighted by atomic mass is 9.70. The van der Waals surface area contributed by atoms with Crippen LogP contribution in [-0.2, 0) is 14.8 Å². The van der Waals surface area contributed by atoms with E-state index in [2.05, 4.69) is 15.9 Å². The molecule has 1 atom stereocenters. The van der Waals surface area contributed by atoms with Gasteiger partial charge in [0.15, 0.2) is 0 Å². The van der Waals surface area contributed by atoms with Crippen molar-refractivity contribution in [1.82, 2.24) is 4.31 Å². The second kappa shape index (κ2) is 5.09. The molecule has 0 N–H and O–H groups in total. The third-order valence-electron chi connectivity index (χ3n) is 4.67. The maximum Gasteiger partial charge on any atom is 0.266 e. The molecule has 6 heteroatoms. The Morgan fingerprint density at radius 1 is 1.19 bits per heavy atom. The van der Waals surface area contributed by atoms with E-state index in [9.17, 15) is 13.2 Å². The molecule has 0 aromatic heterocycles. The molecule has 1 heterocycles. The zero-order valence-electron chi connectivity index (χ0n) is 12.7. The molecule has 0 radical (unpaired) electrons. The van der Waals surface area contributed by atoms with E-state index >= 15 is 0 Å². The third-order valence-corrected chi connectivity index (χ3v) is 7.65. The number of hydrogen-bond acceptors (Lipinski definition) is 3. The molecule has 1 aliphatic rings. The average molecular weight is 374 g/mol. The Morgan fingerprint density at radius 3 is 2.14 bits per heavy atom. The van der Waals surface area contributed by atoms with Crippen LogP contribution in [0.25, 0.3) is 0 Å². The zero-order valence-corrected chi connectivity index (χ0v) is 15.1. The van der Waals surface area contributed by atoms with Crippen molar-refractivity contribution in [3.8, 4) is 0 Å². The SMILES string of the molecule is Cc1ccc(S(=O)(=O)N2CC(C)(CBr)C(C)(C)C2=O)cc1. The van der Waals surface area contributed by atoms with Crippen LogP contribution in [0.4, 0.5) is 0 Å². The Bertz CT molecular complexity index is 667. The van der Waals surface area contributed by atoms with Crippen LogP contribution in [0.5, 0.6) is 0 Å². The maximum absolute atomic E-state index is 12.7. The van der Waals surface area contributed by atoms with Crippen molar-refractivity contribution in [3.63, 3.8) is 0 Å². The monoisotopic (exact) mass is 373 g/mol. The fourth-order valence-electron chi connectivity index (χ4n) is 2.40. The standard InChI is InChI=1S/C15H20BrNO3S/c1-11-5-7-12(8-6-11)21(19,20)17-10-15(4,9-16)14(2,3)13(17)18/h5-8H,9-10H2,1-4H3. The second-order valence-corrected chi connectivity index (χ2v) is 8.87. The van der Waals surface area contributed by atoms with Gasteiger partial charge < -0.3 is 0 Å². The van der Waals surface area contributed by atoms with Crippen LogP contribution in [0.2, 0.25) is 0 Å². The molecule has 1 aromatic rings. The molecular formula is C15H20BrNO3S. The van der Waals surface area contributed by atoms with Crippen molar-refractivity contribution in [3.05, 3.63) is 29.8 Å². The van der Waals surface area contributed by atoms with Gasteiger partial charge in [-0.1, -0.05) is 54.4 Å². The number of halogens is 1. The first-order valence-corrected chi connectivity index (χ1v) is 9.32. The van der Waals surface area contributed by atoms with Gasteiger partial charge in [0.25, 0.3) is 10.0 Å². The van der Waals surface area contributed by atoms with Gasteiger partial charge in [-0.15, -0.1) is 0 Å². The number of nitrogens with zero attached hydrogens (tertiary/aromatic N) is 1. The quantitative estimate of drug-likeness (QED) is 0.765. The lowest BCUT2D eigenvalue weighted by molar-refractivity contribution is -0.132. The first kappa shape index (κ1) is 16.5. The molecule has 1 amide bonds. The smallest absolute Gasteiger partial charge is 0.266 e. The van der Waals surface area contributed by atoms with Crippen molar-refractivity contribution in [2.45, 2.75) is 32.6 Å². The Morgan fingerprint density at radius 2 is 1.71 bits per heavy atom. The van der Waals surface area contributed by atoms with E-state index in [4.69, 9.17) is 0 Å². The van der Waals surface area contributed by atoms with Crippen molar-refractivity contribution in [2.24, 2.45) is 10.8 Å². The Balaban J connectivity index is 2.47. The summed E-state index contributed by atoms with van der Waals surface area (Å²) in [6.07, 6.45) is 0. The number of hydrogen-bond donors (Lipinski definition) is 0. The second-order valence-electron chi connectivity index (χ2n) is 6.45. The minimum absolute atomic E-state index is 0.163. The van der Waals surface area contributed by atoms with Crippen LogP contribution in [-0.4, -0.2) is 30.5 Å². The predicted molar refractivity (Wildman–Crippen MR) is 85.8 cm³/mol. The van der Waals surface area contributed by atoms with E-state index in [-0.39, 0.29) is 17.3 Å². The molecule has 1 saturated heterocycles. The number of benzene rings is 1. The van der Waals surface area contributed by atoms with Crippen LogP contribution in [0.1, 0.15) is 26.3 Å². The minimum atomic E-state index is -3.79. The van der Waals surface area contributed by atoms with Crippen molar-refractivity contribution in [2.75, 3.05) is 11.9 Å². The number of alkyl halides is 1. The summed E-state index contributed by atoms with van der Waals surface area (Å²) in [4.78, 5) is 12.8. The van der Waals surface area contributed by atoms with Gasteiger partial charge in [-0.25, -0.2) is 12.7 Å². The molecule has 1 aliphatic heterocycles. The third kappa shape index (κ3) is 2.42. The molecule has 0 spiro atoms. The number of carbonyl (C=O) groups is 1. The summed E-state index contributed by atoms with van der Waals surface area (Å²) < 4.78 is 26.5. The molecule has 1 unspecified atom stereocenters. The van der Waals surface area contributed by atoms with E-state index in [1.165, 1.54) is 0 Å². The van der Waals surface area contributed by atoms with Crippen LogP contribution < -0.4 is 0 Å². The maximum atomic E-state index is 12.7. The molecule has 116 valence electrons. The van der Waals surface area contributed by atoms with Crippen LogP contribution in [0.15, 0.2) is 29.2 Å². The van der Waals surface area contributed by atoms with E-state index in [1.807, 2.05) is 13.8 Å². The molecule has 0 saturated carbocycles. The van der Waals surface area contributed by atoms with Crippen molar-refractivity contribution < 1.29 is 13.2 Å². The van der Waals surface area contributed by atoms with Gasteiger partial charge in [-0.3, -0.25) is 4.79 Å². The van der Waals surface area contributed by atoms with Gasteiger partial charge in [0.1, 0.15) is 0 Å². The van der Waals surface area contributed by atoms with Gasteiger partial charge in [0.2, 0.25) is 5.91 Å². The highest BCUT2D eigenvalue weighted by Crippen LogP contribution is 2.49. The topological polar surface area (TPSA) is 54.5 Å². The summed E-state index contributed by atoms with van der Waals surface area (Å²) in [7, 11) is -3.79. The first-order chi connectivity index (χ1) is 9.56. The van der Waals surface area contributed by atoms with Gasteiger partial charge in [0, 0.05) is 17.3 Å². The van der Waals surface area contributed by atoms with Crippen molar-refractivity contribution >= 4 is 31.9 Å². The zero-order chi connectivity index (χ0) is 16.1. The largest absolute Gasteiger partial charge is 0.273 e. The summed E-state index contributed by atoms with van der Waals surface area (Å²) in [6, 6.07) is 6.58. The predicted octanol–water partition coefficient (Wildman–Crippen LogP) is 2.95. The molecule has 2 rings (SSSR count). The highest BCUT2D eigenvalue weighted by atomic mass is 79.9. The van der Waals surface area contributed by atoms with Crippen LogP contribution in [0, 0.1) is 17.8 Å². The molecule has 1 fully saturated rings. The molecule has 4 nitrogen and oxygen atoms in total. The lowest BCUT2D eigenvalue weighted by Crippen LogP contribution is -2.38. The summed E-state index contributed by atoms with van der Waals surface area (Å²) in [6.45, 7) is 7.63. The Kier molecular flexibility index (Phi) is 4.00. The van der Waals surface area contributed by atoms with E-state index in [0.717, 1.165) is 9.87 Å². The highest BCUT2D eigenvalue weighted by molar-refractivity contribution is 9.09. The van der Waals surface area contributed by atoms with E-state index in [1.54, 1.807) is 38.1 Å². The molecule has 0 bridgehead atoms. The summed E-state index contributed by atoms with van der Waals surface area (Å²) in [5.41, 5.74) is -0.178. The number of sulfonamides is 1. The van der Waals surface area contributed by atoms with Gasteiger partial charge in [-0.2, -0.15) is 0 Å². The Hall–Kier alpha value is -0.880. The minimum Gasteiger partial charge on any atom is -0.273 e. The highest BCUT2D eigenvalue weighted by Gasteiger charge is 2.58. The number of rotatable bonds is 3.